The molecule has 0 radical (unpaired) electrons. The lowest BCUT2D eigenvalue weighted by Crippen LogP contribution is -2.49. The molecule has 0 bridgehead atoms. The van der Waals surface area contributed by atoms with Crippen molar-refractivity contribution in [1.82, 2.24) is 9.21 Å². The Morgan fingerprint density at radius 1 is 1.00 bits per heavy atom. The molecule has 2 aliphatic heterocycles. The number of likely N-dealkylation sites (tertiary alicyclic amines) is 1. The highest BCUT2D eigenvalue weighted by Gasteiger charge is 2.33. The minimum Gasteiger partial charge on any atom is -0.302 e. The monoisotopic (exact) mass is 404 g/mol. The van der Waals surface area contributed by atoms with E-state index in [4.69, 9.17) is 0 Å². The maximum Gasteiger partial charge on any atom is 0.218 e. The Balaban J connectivity index is 1.76. The molecule has 0 N–H and O–H groups in total. The summed E-state index contributed by atoms with van der Waals surface area (Å²) in [5.74, 6) is -0.134. The van der Waals surface area contributed by atoms with Gasteiger partial charge in [-0.3, -0.25) is 0 Å². The Bertz CT molecular complexity index is 689. The number of benzene rings is 1. The van der Waals surface area contributed by atoms with E-state index in [0.29, 0.717) is 6.54 Å². The molecule has 4 nitrogen and oxygen atoms in total. The van der Waals surface area contributed by atoms with E-state index in [1.54, 1.807) is 16.1 Å². The van der Waals surface area contributed by atoms with Gasteiger partial charge in [-0.2, -0.15) is 16.1 Å². The van der Waals surface area contributed by atoms with Crippen molar-refractivity contribution in [3.63, 3.8) is 0 Å². The highest BCUT2D eigenvalue weighted by molar-refractivity contribution is 7.99. The predicted molar refractivity (Wildman–Crippen MR) is 102 cm³/mol. The van der Waals surface area contributed by atoms with E-state index < -0.39 is 21.7 Å². The number of hydrogen-bond acceptors (Lipinski definition) is 4. The summed E-state index contributed by atoms with van der Waals surface area (Å²) in [5.41, 5.74) is 0.163. The first-order valence-electron chi connectivity index (χ1n) is 9.19. The Kier molecular flexibility index (Phi) is 6.93. The zero-order valence-corrected chi connectivity index (χ0v) is 16.5. The fourth-order valence-corrected chi connectivity index (χ4v) is 6.65. The third kappa shape index (κ3) is 5.41. The molecular weight excluding hydrogens is 378 g/mol. The van der Waals surface area contributed by atoms with Gasteiger partial charge in [-0.25, -0.2) is 17.2 Å². The van der Waals surface area contributed by atoms with Crippen LogP contribution in [0.4, 0.5) is 8.78 Å². The van der Waals surface area contributed by atoms with Crippen LogP contribution < -0.4 is 0 Å². The second-order valence-electron chi connectivity index (χ2n) is 7.09. The van der Waals surface area contributed by atoms with Gasteiger partial charge in [-0.15, -0.1) is 0 Å². The second kappa shape index (κ2) is 8.99. The van der Waals surface area contributed by atoms with Crippen molar-refractivity contribution in [2.24, 2.45) is 0 Å². The molecule has 146 valence electrons. The Morgan fingerprint density at radius 3 is 2.38 bits per heavy atom. The van der Waals surface area contributed by atoms with E-state index in [-0.39, 0.29) is 17.4 Å². The molecule has 0 saturated carbocycles. The molecule has 0 aromatic heterocycles. The van der Waals surface area contributed by atoms with Crippen LogP contribution in [0, 0.1) is 11.6 Å². The lowest BCUT2D eigenvalue weighted by molar-refractivity contribution is 0.183. The van der Waals surface area contributed by atoms with E-state index in [1.165, 1.54) is 6.42 Å². The second-order valence-corrected chi connectivity index (χ2v) is 10.2. The molecule has 2 fully saturated rings. The van der Waals surface area contributed by atoms with Gasteiger partial charge >= 0.3 is 0 Å². The molecule has 0 spiro atoms. The van der Waals surface area contributed by atoms with Crippen molar-refractivity contribution in [3.8, 4) is 0 Å². The molecule has 2 heterocycles. The number of piperidine rings is 1. The summed E-state index contributed by atoms with van der Waals surface area (Å²) in [6, 6.07) is 2.89. The molecule has 26 heavy (non-hydrogen) atoms. The molecule has 1 aromatic carbocycles. The number of rotatable bonds is 5. The SMILES string of the molecule is O=S(=O)(Cc1cc(F)cc(F)c1)N1CCCSCC1CN1CCCCC1. The number of halogens is 2. The summed E-state index contributed by atoms with van der Waals surface area (Å²) in [6.45, 7) is 3.25. The van der Waals surface area contributed by atoms with Crippen LogP contribution in [0.1, 0.15) is 31.2 Å². The van der Waals surface area contributed by atoms with Crippen LogP contribution in [0.15, 0.2) is 18.2 Å². The van der Waals surface area contributed by atoms with E-state index in [1.807, 2.05) is 0 Å². The molecule has 1 unspecified atom stereocenters. The van der Waals surface area contributed by atoms with Gasteiger partial charge in [-0.1, -0.05) is 6.42 Å². The summed E-state index contributed by atoms with van der Waals surface area (Å²) < 4.78 is 54.5. The third-order valence-corrected chi connectivity index (χ3v) is 8.02. The summed E-state index contributed by atoms with van der Waals surface area (Å²) >= 11 is 1.79. The van der Waals surface area contributed by atoms with Crippen molar-refractivity contribution in [3.05, 3.63) is 35.4 Å². The van der Waals surface area contributed by atoms with Crippen molar-refractivity contribution < 1.29 is 17.2 Å². The zero-order chi connectivity index (χ0) is 18.6. The molecule has 8 heteroatoms. The van der Waals surface area contributed by atoms with E-state index in [2.05, 4.69) is 4.90 Å². The summed E-state index contributed by atoms with van der Waals surface area (Å²) in [4.78, 5) is 2.35. The highest BCUT2D eigenvalue weighted by Crippen LogP contribution is 2.24. The first-order chi connectivity index (χ1) is 12.4. The number of hydrogen-bond donors (Lipinski definition) is 0. The van der Waals surface area contributed by atoms with Crippen LogP contribution in [-0.2, 0) is 15.8 Å². The third-order valence-electron chi connectivity index (χ3n) is 4.93. The first kappa shape index (κ1) is 20.0. The van der Waals surface area contributed by atoms with Gasteiger partial charge in [-0.05, 0) is 55.8 Å². The average molecular weight is 405 g/mol. The minimum atomic E-state index is -3.63. The first-order valence-corrected chi connectivity index (χ1v) is 11.9. The van der Waals surface area contributed by atoms with Gasteiger partial charge in [0, 0.05) is 31.0 Å². The average Bonchev–Trinajstić information content (AvgIpc) is 2.80. The summed E-state index contributed by atoms with van der Waals surface area (Å²) in [5, 5.41) is 0. The van der Waals surface area contributed by atoms with Gasteiger partial charge in [0.05, 0.1) is 5.75 Å². The Hall–Kier alpha value is -0.700. The smallest absolute Gasteiger partial charge is 0.218 e. The molecule has 1 aromatic rings. The molecule has 3 rings (SSSR count). The Morgan fingerprint density at radius 2 is 1.69 bits per heavy atom. The Labute approximate surface area is 159 Å². The quantitative estimate of drug-likeness (QED) is 0.756. The largest absolute Gasteiger partial charge is 0.302 e. The maximum atomic E-state index is 13.4. The summed E-state index contributed by atoms with van der Waals surface area (Å²) in [6.07, 6.45) is 4.37. The van der Waals surface area contributed by atoms with Gasteiger partial charge < -0.3 is 4.90 Å². The maximum absolute atomic E-state index is 13.4. The topological polar surface area (TPSA) is 40.6 Å². The van der Waals surface area contributed by atoms with Crippen molar-refractivity contribution in [2.45, 2.75) is 37.5 Å². The standard InChI is InChI=1S/C18H26F2N2O2S2/c19-16-9-15(10-17(20)11-16)14-26(23,24)22-7-4-8-25-13-18(22)12-21-5-2-1-3-6-21/h9-11,18H,1-8,12-14H2. The van der Waals surface area contributed by atoms with E-state index in [0.717, 1.165) is 68.6 Å². The van der Waals surface area contributed by atoms with E-state index in [9.17, 15) is 17.2 Å². The van der Waals surface area contributed by atoms with Crippen molar-refractivity contribution >= 4 is 21.8 Å². The fraction of sp³-hybridized carbons (Fsp3) is 0.667. The van der Waals surface area contributed by atoms with Crippen molar-refractivity contribution in [1.29, 1.82) is 0 Å². The molecule has 1 atom stereocenters. The molecule has 0 amide bonds. The van der Waals surface area contributed by atoms with E-state index >= 15 is 0 Å². The fourth-order valence-electron chi connectivity index (χ4n) is 3.75. The highest BCUT2D eigenvalue weighted by atomic mass is 32.2. The van der Waals surface area contributed by atoms with Gasteiger partial charge in [0.1, 0.15) is 11.6 Å². The lowest BCUT2D eigenvalue weighted by Gasteiger charge is -2.35. The molecule has 0 aliphatic carbocycles. The zero-order valence-electron chi connectivity index (χ0n) is 14.9. The van der Waals surface area contributed by atoms with Crippen LogP contribution >= 0.6 is 11.8 Å². The van der Waals surface area contributed by atoms with Gasteiger partial charge in [0.25, 0.3) is 0 Å². The van der Waals surface area contributed by atoms with Crippen molar-refractivity contribution in [2.75, 3.05) is 37.7 Å². The van der Waals surface area contributed by atoms with Crippen LogP contribution in [0.2, 0.25) is 0 Å². The summed E-state index contributed by atoms with van der Waals surface area (Å²) in [7, 11) is -3.63. The predicted octanol–water partition coefficient (Wildman–Crippen LogP) is 3.09. The number of sulfonamides is 1. The normalized spacial score (nSPS) is 23.7. The van der Waals surface area contributed by atoms with Crippen LogP contribution in [0.25, 0.3) is 0 Å². The minimum absolute atomic E-state index is 0.0796. The molecule has 2 saturated heterocycles. The molecule has 2 aliphatic rings. The number of thioether (sulfide) groups is 1. The van der Waals surface area contributed by atoms with Gasteiger partial charge in [0.2, 0.25) is 10.0 Å². The van der Waals surface area contributed by atoms with Crippen LogP contribution in [-0.4, -0.2) is 61.3 Å². The van der Waals surface area contributed by atoms with Gasteiger partial charge in [0.15, 0.2) is 0 Å². The van der Waals surface area contributed by atoms with Crippen LogP contribution in [0.3, 0.4) is 0 Å². The lowest BCUT2D eigenvalue weighted by atomic mass is 10.1. The van der Waals surface area contributed by atoms with Crippen LogP contribution in [0.5, 0.6) is 0 Å². The number of nitrogens with zero attached hydrogens (tertiary/aromatic N) is 2. The molecular formula is C18H26F2N2O2S2.